The number of rotatable bonds is 42. The first kappa shape index (κ1) is 51.9. The van der Waals surface area contributed by atoms with E-state index in [0.717, 1.165) is 83.8 Å². The maximum Gasteiger partial charge on any atom is 0.306 e. The van der Waals surface area contributed by atoms with Gasteiger partial charge in [0.15, 0.2) is 0 Å². The number of aliphatic hydroxyl groups excluding tert-OH is 1. The first-order chi connectivity index (χ1) is 25.8. The summed E-state index contributed by atoms with van der Waals surface area (Å²) in [4.78, 5) is 27.6. The molecule has 0 spiro atoms. The van der Waals surface area contributed by atoms with Crippen LogP contribution in [0.1, 0.15) is 247 Å². The molecule has 316 valence electrons. The lowest BCUT2D eigenvalue weighted by molar-refractivity contribution is -0.152. The van der Waals surface area contributed by atoms with Crippen LogP contribution < -0.4 is 0 Å². The molecule has 6 heteroatoms. The topological polar surface area (TPSA) is 76.1 Å². The van der Waals surface area contributed by atoms with E-state index in [1.165, 1.54) is 135 Å². The van der Waals surface area contributed by atoms with Gasteiger partial charge in [-0.05, 0) is 82.7 Å². The molecule has 0 atom stereocenters. The van der Waals surface area contributed by atoms with Gasteiger partial charge in [0.1, 0.15) is 6.10 Å². The van der Waals surface area contributed by atoms with E-state index in [0.29, 0.717) is 19.4 Å². The highest BCUT2D eigenvalue weighted by atomic mass is 16.5. The van der Waals surface area contributed by atoms with Crippen molar-refractivity contribution in [2.24, 2.45) is 5.41 Å². The fourth-order valence-corrected chi connectivity index (χ4v) is 7.47. The highest BCUT2D eigenvalue weighted by molar-refractivity contribution is 5.70. The van der Waals surface area contributed by atoms with Crippen molar-refractivity contribution < 1.29 is 24.2 Å². The van der Waals surface area contributed by atoms with Gasteiger partial charge in [0.2, 0.25) is 0 Å². The van der Waals surface area contributed by atoms with Crippen LogP contribution >= 0.6 is 0 Å². The molecule has 0 aliphatic rings. The van der Waals surface area contributed by atoms with Gasteiger partial charge in [-0.15, -0.1) is 0 Å². The van der Waals surface area contributed by atoms with Crippen LogP contribution in [0.2, 0.25) is 0 Å². The maximum absolute atomic E-state index is 13.1. The van der Waals surface area contributed by atoms with Crippen LogP contribution in [0.4, 0.5) is 0 Å². The standard InChI is InChI=1S/C47H93NO5/c1-6-9-12-15-18-22-28-36-45(50)52-42-32-24-19-23-30-38-48(40-33-41-49)39-31-25-29-37-47(4,5)43-46(51)53-44(34-26-20-16-13-10-7-2)35-27-21-17-14-11-8-3/h44,49H,6-43H2,1-5H3. The number of hydrogen-bond acceptors (Lipinski definition) is 6. The Kier molecular flexibility index (Phi) is 38.3. The molecule has 0 heterocycles. The van der Waals surface area contributed by atoms with Crippen LogP contribution in [-0.4, -0.2) is 60.9 Å². The van der Waals surface area contributed by atoms with Gasteiger partial charge in [0.25, 0.3) is 0 Å². The van der Waals surface area contributed by atoms with Crippen LogP contribution in [-0.2, 0) is 19.1 Å². The van der Waals surface area contributed by atoms with E-state index in [1.807, 2.05) is 0 Å². The molecule has 0 aliphatic carbocycles. The van der Waals surface area contributed by atoms with Crippen LogP contribution in [0.15, 0.2) is 0 Å². The first-order valence-corrected chi connectivity index (χ1v) is 23.5. The van der Waals surface area contributed by atoms with Crippen molar-refractivity contribution in [2.75, 3.05) is 32.8 Å². The molecule has 53 heavy (non-hydrogen) atoms. The molecule has 0 fully saturated rings. The summed E-state index contributed by atoms with van der Waals surface area (Å²) >= 11 is 0. The molecule has 6 nitrogen and oxygen atoms in total. The third-order valence-electron chi connectivity index (χ3n) is 11.0. The number of nitrogens with zero attached hydrogens (tertiary/aromatic N) is 1. The Balaban J connectivity index is 4.26. The zero-order chi connectivity index (χ0) is 39.1. The van der Waals surface area contributed by atoms with Gasteiger partial charge < -0.3 is 19.5 Å². The van der Waals surface area contributed by atoms with Gasteiger partial charge in [-0.2, -0.15) is 0 Å². The molecule has 0 aromatic carbocycles. The van der Waals surface area contributed by atoms with Gasteiger partial charge >= 0.3 is 11.9 Å². The molecule has 0 rings (SSSR count). The molecule has 0 unspecified atom stereocenters. The number of aliphatic hydroxyl groups is 1. The smallest absolute Gasteiger partial charge is 0.306 e. The van der Waals surface area contributed by atoms with E-state index >= 15 is 0 Å². The Hall–Kier alpha value is -1.14. The van der Waals surface area contributed by atoms with E-state index in [4.69, 9.17) is 9.47 Å². The molecule has 0 aromatic rings. The molecular formula is C47H93NO5. The van der Waals surface area contributed by atoms with E-state index < -0.39 is 0 Å². The quantitative estimate of drug-likeness (QED) is 0.0494. The van der Waals surface area contributed by atoms with Crippen molar-refractivity contribution in [1.29, 1.82) is 0 Å². The normalized spacial score (nSPS) is 11.9. The Labute approximate surface area is 331 Å². The van der Waals surface area contributed by atoms with Gasteiger partial charge in [-0.3, -0.25) is 9.59 Å². The Morgan fingerprint density at radius 3 is 1.49 bits per heavy atom. The Morgan fingerprint density at radius 2 is 0.962 bits per heavy atom. The van der Waals surface area contributed by atoms with Crippen molar-refractivity contribution in [3.63, 3.8) is 0 Å². The second kappa shape index (κ2) is 39.1. The minimum atomic E-state index is -0.0373. The van der Waals surface area contributed by atoms with E-state index in [2.05, 4.69) is 39.5 Å². The summed E-state index contributed by atoms with van der Waals surface area (Å²) in [6.07, 6.45) is 38.1. The minimum Gasteiger partial charge on any atom is -0.466 e. The van der Waals surface area contributed by atoms with Crippen molar-refractivity contribution in [3.8, 4) is 0 Å². The van der Waals surface area contributed by atoms with E-state index in [1.54, 1.807) is 0 Å². The molecule has 0 saturated heterocycles. The maximum atomic E-state index is 13.1. The Morgan fingerprint density at radius 1 is 0.528 bits per heavy atom. The summed E-state index contributed by atoms with van der Waals surface area (Å²) in [7, 11) is 0. The van der Waals surface area contributed by atoms with Gasteiger partial charge in [0, 0.05) is 19.6 Å². The molecule has 0 amide bonds. The molecule has 0 radical (unpaired) electrons. The van der Waals surface area contributed by atoms with Crippen molar-refractivity contribution >= 4 is 11.9 Å². The van der Waals surface area contributed by atoms with E-state index in [9.17, 15) is 14.7 Å². The predicted octanol–water partition coefficient (Wildman–Crippen LogP) is 13.7. The highest BCUT2D eigenvalue weighted by Gasteiger charge is 2.24. The van der Waals surface area contributed by atoms with Crippen molar-refractivity contribution in [1.82, 2.24) is 4.90 Å². The van der Waals surface area contributed by atoms with E-state index in [-0.39, 0.29) is 30.1 Å². The van der Waals surface area contributed by atoms with Crippen LogP contribution in [0, 0.1) is 5.41 Å². The summed E-state index contributed by atoms with van der Waals surface area (Å²) in [6, 6.07) is 0. The molecule has 1 N–H and O–H groups in total. The number of carbonyl (C=O) groups excluding carboxylic acids is 2. The summed E-state index contributed by atoms with van der Waals surface area (Å²) in [5, 5.41) is 9.44. The number of ether oxygens (including phenoxy) is 2. The van der Waals surface area contributed by atoms with Crippen LogP contribution in [0.25, 0.3) is 0 Å². The number of carbonyl (C=O) groups is 2. The largest absolute Gasteiger partial charge is 0.466 e. The van der Waals surface area contributed by atoms with Crippen molar-refractivity contribution in [2.45, 2.75) is 253 Å². The summed E-state index contributed by atoms with van der Waals surface area (Å²) < 4.78 is 11.6. The highest BCUT2D eigenvalue weighted by Crippen LogP contribution is 2.29. The Bertz CT molecular complexity index is 771. The minimum absolute atomic E-state index is 0.00645. The number of unbranched alkanes of at least 4 members (excludes halogenated alkanes) is 22. The summed E-state index contributed by atoms with van der Waals surface area (Å²) in [6.45, 7) is 15.2. The fraction of sp³-hybridized carbons (Fsp3) is 0.957. The van der Waals surface area contributed by atoms with Gasteiger partial charge in [-0.1, -0.05) is 169 Å². The first-order valence-electron chi connectivity index (χ1n) is 23.5. The van der Waals surface area contributed by atoms with Gasteiger partial charge in [-0.25, -0.2) is 0 Å². The average molecular weight is 752 g/mol. The van der Waals surface area contributed by atoms with Crippen LogP contribution in [0.5, 0.6) is 0 Å². The number of hydrogen-bond donors (Lipinski definition) is 1. The second-order valence-electron chi connectivity index (χ2n) is 17.2. The number of esters is 2. The SMILES string of the molecule is CCCCCCCCCC(=O)OCCCCCCCN(CCCO)CCCCCC(C)(C)CC(=O)OC(CCCCCCCC)CCCCCCCC. The lowest BCUT2D eigenvalue weighted by Crippen LogP contribution is -2.28. The zero-order valence-corrected chi connectivity index (χ0v) is 36.5. The molecule has 0 aliphatic heterocycles. The lowest BCUT2D eigenvalue weighted by atomic mass is 9.83. The molecular weight excluding hydrogens is 659 g/mol. The molecule has 0 aromatic heterocycles. The third-order valence-corrected chi connectivity index (χ3v) is 11.0. The summed E-state index contributed by atoms with van der Waals surface area (Å²) in [5.74, 6) is -0.0163. The monoisotopic (exact) mass is 752 g/mol. The second-order valence-corrected chi connectivity index (χ2v) is 17.2. The van der Waals surface area contributed by atoms with Gasteiger partial charge in [0.05, 0.1) is 13.0 Å². The molecule has 0 saturated carbocycles. The summed E-state index contributed by atoms with van der Waals surface area (Å²) in [5.41, 5.74) is -0.0373. The lowest BCUT2D eigenvalue weighted by Gasteiger charge is -2.26. The zero-order valence-electron chi connectivity index (χ0n) is 36.5. The fourth-order valence-electron chi connectivity index (χ4n) is 7.47. The van der Waals surface area contributed by atoms with Crippen LogP contribution in [0.3, 0.4) is 0 Å². The third kappa shape index (κ3) is 37.6. The molecule has 0 bridgehead atoms. The predicted molar refractivity (Wildman–Crippen MR) is 228 cm³/mol. The van der Waals surface area contributed by atoms with Crippen molar-refractivity contribution in [3.05, 3.63) is 0 Å². The average Bonchev–Trinajstić information content (AvgIpc) is 3.13.